The molecule has 0 fully saturated rings. The van der Waals surface area contributed by atoms with Crippen molar-refractivity contribution in [1.82, 2.24) is 25.3 Å². The lowest BCUT2D eigenvalue weighted by Gasteiger charge is -2.10. The molecule has 0 aliphatic carbocycles. The molecule has 0 aliphatic heterocycles. The van der Waals surface area contributed by atoms with Crippen molar-refractivity contribution in [1.29, 1.82) is 0 Å². The van der Waals surface area contributed by atoms with Gasteiger partial charge >= 0.3 is 0 Å². The van der Waals surface area contributed by atoms with Gasteiger partial charge in [0.25, 0.3) is 0 Å². The third kappa shape index (κ3) is 6.88. The summed E-state index contributed by atoms with van der Waals surface area (Å²) in [5, 5.41) is 10.1. The molecule has 5 aromatic rings. The maximum absolute atomic E-state index is 11.3. The number of nitrogens with zero attached hydrogens (tertiary/aromatic N) is 4. The fourth-order valence-electron chi connectivity index (χ4n) is 3.67. The number of sulfone groups is 1. The van der Waals surface area contributed by atoms with Crippen molar-refractivity contribution in [2.24, 2.45) is 0 Å². The first kappa shape index (κ1) is 25.7. The Kier molecular flexibility index (Phi) is 7.87. The minimum atomic E-state index is -2.99. The number of rotatable bonds is 11. The van der Waals surface area contributed by atoms with Crippen LogP contribution in [0.1, 0.15) is 10.6 Å². The minimum Gasteiger partial charge on any atom is -0.489 e. The lowest BCUT2D eigenvalue weighted by atomic mass is 10.2. The van der Waals surface area contributed by atoms with Crippen LogP contribution in [0, 0.1) is 0 Å². The lowest BCUT2D eigenvalue weighted by molar-refractivity contribution is 0.306. The molecule has 3 aromatic heterocycles. The van der Waals surface area contributed by atoms with Gasteiger partial charge < -0.3 is 15.4 Å². The molecule has 0 atom stereocenters. The molecule has 194 valence electrons. The molecular formula is C27H26N6O3S2. The van der Waals surface area contributed by atoms with E-state index in [1.54, 1.807) is 6.20 Å². The van der Waals surface area contributed by atoms with Crippen molar-refractivity contribution in [3.63, 3.8) is 0 Å². The fourth-order valence-corrected chi connectivity index (χ4v) is 4.95. The highest BCUT2D eigenvalue weighted by Crippen LogP contribution is 2.28. The molecule has 0 saturated heterocycles. The summed E-state index contributed by atoms with van der Waals surface area (Å²) in [6.07, 6.45) is 4.44. The molecule has 38 heavy (non-hydrogen) atoms. The zero-order valence-electron chi connectivity index (χ0n) is 20.7. The highest BCUT2D eigenvalue weighted by Gasteiger charge is 2.11. The van der Waals surface area contributed by atoms with Crippen LogP contribution < -0.4 is 15.4 Å². The normalized spacial score (nSPS) is 11.5. The van der Waals surface area contributed by atoms with E-state index in [-0.39, 0.29) is 5.75 Å². The van der Waals surface area contributed by atoms with Crippen LogP contribution in [0.15, 0.2) is 78.6 Å². The summed E-state index contributed by atoms with van der Waals surface area (Å²) in [4.78, 5) is 18.0. The van der Waals surface area contributed by atoms with Crippen molar-refractivity contribution >= 4 is 43.6 Å². The van der Waals surface area contributed by atoms with Gasteiger partial charge in [0.2, 0.25) is 0 Å². The Balaban J connectivity index is 1.27. The molecule has 0 aliphatic rings. The summed E-state index contributed by atoms with van der Waals surface area (Å²) in [6.45, 7) is 1.39. The van der Waals surface area contributed by atoms with Crippen LogP contribution in [0.2, 0.25) is 0 Å². The van der Waals surface area contributed by atoms with Crippen molar-refractivity contribution in [3.05, 3.63) is 89.1 Å². The SMILES string of the molecule is CS(=O)(=O)CCNCc1nc(-c2cc3c(Nc4ccc(OCc5ccccc5)cc4)ncnc3cn2)cs1. The topological polar surface area (TPSA) is 119 Å². The van der Waals surface area contributed by atoms with Gasteiger partial charge in [-0.15, -0.1) is 11.3 Å². The molecule has 11 heteroatoms. The highest BCUT2D eigenvalue weighted by molar-refractivity contribution is 7.90. The molecule has 0 unspecified atom stereocenters. The second kappa shape index (κ2) is 11.6. The first-order chi connectivity index (χ1) is 18.4. The van der Waals surface area contributed by atoms with Crippen LogP contribution in [0.4, 0.5) is 11.5 Å². The Hall–Kier alpha value is -3.93. The van der Waals surface area contributed by atoms with E-state index in [0.29, 0.717) is 36.7 Å². The zero-order valence-corrected chi connectivity index (χ0v) is 22.3. The van der Waals surface area contributed by atoms with Gasteiger partial charge in [0.1, 0.15) is 39.3 Å². The summed E-state index contributed by atoms with van der Waals surface area (Å²) in [5.41, 5.74) is 4.14. The van der Waals surface area contributed by atoms with Gasteiger partial charge in [0.05, 0.1) is 28.9 Å². The molecule has 0 spiro atoms. The number of thiazole rings is 1. The predicted molar refractivity (Wildman–Crippen MR) is 150 cm³/mol. The largest absolute Gasteiger partial charge is 0.489 e. The van der Waals surface area contributed by atoms with Crippen LogP contribution in [-0.4, -0.2) is 46.9 Å². The van der Waals surface area contributed by atoms with Gasteiger partial charge in [-0.05, 0) is 35.9 Å². The molecule has 9 nitrogen and oxygen atoms in total. The number of ether oxygens (including phenoxy) is 1. The smallest absolute Gasteiger partial charge is 0.148 e. The summed E-state index contributed by atoms with van der Waals surface area (Å²) < 4.78 is 28.5. The quantitative estimate of drug-likeness (QED) is 0.229. The second-order valence-electron chi connectivity index (χ2n) is 8.67. The third-order valence-corrected chi connectivity index (χ3v) is 7.42. The molecule has 0 amide bonds. The Morgan fingerprint density at radius 3 is 2.58 bits per heavy atom. The highest BCUT2D eigenvalue weighted by atomic mass is 32.2. The summed E-state index contributed by atoms with van der Waals surface area (Å²) in [6, 6.07) is 19.7. The van der Waals surface area contributed by atoms with E-state index in [4.69, 9.17) is 4.74 Å². The van der Waals surface area contributed by atoms with E-state index in [9.17, 15) is 8.42 Å². The van der Waals surface area contributed by atoms with Gasteiger partial charge in [-0.1, -0.05) is 30.3 Å². The van der Waals surface area contributed by atoms with Crippen molar-refractivity contribution in [2.45, 2.75) is 13.2 Å². The number of nitrogens with one attached hydrogen (secondary N) is 2. The molecule has 3 heterocycles. The average molecular weight is 547 g/mol. The third-order valence-electron chi connectivity index (χ3n) is 5.63. The van der Waals surface area contributed by atoms with E-state index in [0.717, 1.165) is 33.1 Å². The van der Waals surface area contributed by atoms with Crippen LogP contribution in [0.3, 0.4) is 0 Å². The number of pyridine rings is 1. The van der Waals surface area contributed by atoms with E-state index in [1.165, 1.54) is 23.9 Å². The molecular weight excluding hydrogens is 520 g/mol. The molecule has 5 rings (SSSR count). The molecule has 0 saturated carbocycles. The fraction of sp³-hybridized carbons (Fsp3) is 0.185. The number of fused-ring (bicyclic) bond motifs is 1. The summed E-state index contributed by atoms with van der Waals surface area (Å²) in [7, 11) is -2.99. The zero-order chi connectivity index (χ0) is 26.4. The van der Waals surface area contributed by atoms with Gasteiger partial charge in [-0.2, -0.15) is 0 Å². The number of benzene rings is 2. The van der Waals surface area contributed by atoms with Crippen LogP contribution in [0.25, 0.3) is 22.3 Å². The van der Waals surface area contributed by atoms with Gasteiger partial charge in [-0.25, -0.2) is 23.4 Å². The number of aromatic nitrogens is 4. The Morgan fingerprint density at radius 2 is 1.79 bits per heavy atom. The maximum atomic E-state index is 11.3. The van der Waals surface area contributed by atoms with Crippen molar-refractivity contribution in [2.75, 3.05) is 23.9 Å². The van der Waals surface area contributed by atoms with Gasteiger partial charge in [-0.3, -0.25) is 4.98 Å². The maximum Gasteiger partial charge on any atom is 0.148 e. The summed E-state index contributed by atoms with van der Waals surface area (Å²) in [5.74, 6) is 1.54. The summed E-state index contributed by atoms with van der Waals surface area (Å²) >= 11 is 1.50. The lowest BCUT2D eigenvalue weighted by Crippen LogP contribution is -2.21. The monoisotopic (exact) mass is 546 g/mol. The van der Waals surface area contributed by atoms with E-state index in [1.807, 2.05) is 66.0 Å². The van der Waals surface area contributed by atoms with E-state index < -0.39 is 9.84 Å². The Morgan fingerprint density at radius 1 is 0.974 bits per heavy atom. The first-order valence-corrected chi connectivity index (χ1v) is 14.8. The second-order valence-corrected chi connectivity index (χ2v) is 11.9. The first-order valence-electron chi connectivity index (χ1n) is 11.9. The Bertz CT molecular complexity index is 1620. The average Bonchev–Trinajstić information content (AvgIpc) is 3.40. The molecule has 2 aromatic carbocycles. The van der Waals surface area contributed by atoms with Crippen LogP contribution >= 0.6 is 11.3 Å². The standard InChI is InChI=1S/C27H26N6O3S2/c1-38(34,35)12-11-28-15-26-33-25(17-37-26)23-13-22-24(14-29-23)30-18-31-27(22)32-20-7-9-21(10-8-20)36-16-19-5-3-2-4-6-19/h2-10,13-14,17-18,28H,11-12,15-16H2,1H3,(H,30,31,32). The Labute approximate surface area is 224 Å². The van der Waals surface area contributed by atoms with Gasteiger partial charge in [0.15, 0.2) is 0 Å². The van der Waals surface area contributed by atoms with Crippen molar-refractivity contribution in [3.8, 4) is 17.1 Å². The van der Waals surface area contributed by atoms with Gasteiger partial charge in [0, 0.05) is 35.8 Å². The number of hydrogen-bond acceptors (Lipinski definition) is 10. The number of hydrogen-bond donors (Lipinski definition) is 2. The van der Waals surface area contributed by atoms with E-state index >= 15 is 0 Å². The molecule has 0 bridgehead atoms. The van der Waals surface area contributed by atoms with E-state index in [2.05, 4.69) is 30.6 Å². The minimum absolute atomic E-state index is 0.0939. The molecule has 2 N–H and O–H groups in total. The van der Waals surface area contributed by atoms with Crippen LogP contribution in [0.5, 0.6) is 5.75 Å². The van der Waals surface area contributed by atoms with Crippen LogP contribution in [-0.2, 0) is 23.0 Å². The van der Waals surface area contributed by atoms with Crippen molar-refractivity contribution < 1.29 is 13.2 Å². The predicted octanol–water partition coefficient (Wildman–Crippen LogP) is 4.61. The number of anilines is 2. The molecule has 0 radical (unpaired) electrons.